The standard InChI is InChI=1S/C47H45F3N10O6S/c48-35-19-28(18-32-33(35)23-60(43(32)64)40(42(63)55-45-51-10-17-67-45)39-37-2-1-11-59(37)26-53-39)27-3-5-30(6-4-27)57-13-15-58(16-14-57)38(61)24-56-12-9-34(47(49,50)25-56)36-8-7-31(22-52-36)66-46-20-29(21-46)41(62)54-44(46)65/h3-8,10,17-19,22,26,29,34,40H,1-2,9,11-16,20-21,23-25H2,(H,51,55,63)(H,54,62,65). The molecule has 1 saturated carbocycles. The van der Waals surface area contributed by atoms with Gasteiger partial charge in [0, 0.05) is 91.3 Å². The van der Waals surface area contributed by atoms with E-state index in [1.165, 1.54) is 45.5 Å². The van der Waals surface area contributed by atoms with Crippen LogP contribution in [0.5, 0.6) is 5.75 Å². The number of carbonyl (C=O) groups is 5. The molecular formula is C47H45F3N10O6S. The van der Waals surface area contributed by atoms with Crippen molar-refractivity contribution in [2.45, 2.75) is 68.7 Å². The molecule has 0 spiro atoms. The predicted octanol–water partition coefficient (Wildman–Crippen LogP) is 4.78. The molecule has 2 bridgehead atoms. The Morgan fingerprint density at radius 3 is 2.48 bits per heavy atom. The minimum absolute atomic E-state index is 0.0946. The van der Waals surface area contributed by atoms with E-state index in [2.05, 4.69) is 30.5 Å². The summed E-state index contributed by atoms with van der Waals surface area (Å²) in [6, 6.07) is 12.5. The molecule has 5 fully saturated rings. The summed E-state index contributed by atoms with van der Waals surface area (Å²) in [5.74, 6) is -6.80. The number of imide groups is 1. The second kappa shape index (κ2) is 16.6. The van der Waals surface area contributed by atoms with Gasteiger partial charge in [0.1, 0.15) is 11.6 Å². The van der Waals surface area contributed by atoms with Crippen LogP contribution in [0.4, 0.5) is 24.0 Å². The Kier molecular flexibility index (Phi) is 10.6. The van der Waals surface area contributed by atoms with E-state index in [0.29, 0.717) is 54.6 Å². The number of thiazole rings is 1. The fraction of sp³-hybridized carbons (Fsp3) is 0.404. The zero-order valence-corrected chi connectivity index (χ0v) is 36.9. The van der Waals surface area contributed by atoms with E-state index in [1.807, 2.05) is 28.8 Å². The van der Waals surface area contributed by atoms with Gasteiger partial charge < -0.3 is 24.0 Å². The molecule has 5 amide bonds. The lowest BCUT2D eigenvalue weighted by Crippen LogP contribution is -2.68. The quantitative estimate of drug-likeness (QED) is 0.175. The molecule has 16 nitrogen and oxygen atoms in total. The van der Waals surface area contributed by atoms with E-state index < -0.39 is 53.6 Å². The maximum absolute atomic E-state index is 16.0. The first-order chi connectivity index (χ1) is 32.3. The molecule has 9 heterocycles. The van der Waals surface area contributed by atoms with Gasteiger partial charge in [-0.15, -0.1) is 11.3 Å². The summed E-state index contributed by atoms with van der Waals surface area (Å²) in [4.78, 5) is 85.3. The zero-order valence-electron chi connectivity index (χ0n) is 36.1. The van der Waals surface area contributed by atoms with Gasteiger partial charge in [-0.25, -0.2) is 23.1 Å². The average molecular weight is 935 g/mol. The van der Waals surface area contributed by atoms with Crippen LogP contribution in [-0.4, -0.2) is 121 Å². The molecule has 2 unspecified atom stereocenters. The number of pyridine rings is 1. The van der Waals surface area contributed by atoms with E-state index in [9.17, 15) is 24.0 Å². The molecule has 1 aliphatic carbocycles. The summed E-state index contributed by atoms with van der Waals surface area (Å²) in [7, 11) is 0. The van der Waals surface area contributed by atoms with E-state index >= 15 is 13.2 Å². The minimum Gasteiger partial charge on any atom is -0.476 e. The number of hydrogen-bond donors (Lipinski definition) is 2. The van der Waals surface area contributed by atoms with Gasteiger partial charge in [-0.3, -0.25) is 44.5 Å². The van der Waals surface area contributed by atoms with Crippen molar-refractivity contribution in [1.82, 2.24) is 39.5 Å². The molecule has 346 valence electrons. The van der Waals surface area contributed by atoms with Crippen molar-refractivity contribution < 1.29 is 41.9 Å². The number of benzene rings is 2. The molecule has 2 N–H and O–H groups in total. The normalized spacial score (nSPS) is 23.6. The number of anilines is 2. The number of imidazole rings is 1. The summed E-state index contributed by atoms with van der Waals surface area (Å²) in [6.07, 6.45) is 6.87. The number of aromatic nitrogens is 4. The number of ether oxygens (including phenoxy) is 1. The third-order valence-corrected chi connectivity index (χ3v) is 14.8. The first kappa shape index (κ1) is 42.9. The summed E-state index contributed by atoms with van der Waals surface area (Å²) in [5.41, 5.74) is 2.93. The van der Waals surface area contributed by atoms with Crippen molar-refractivity contribution in [3.63, 3.8) is 0 Å². The molecule has 6 aliphatic heterocycles. The van der Waals surface area contributed by atoms with E-state index in [4.69, 9.17) is 4.74 Å². The highest BCUT2D eigenvalue weighted by Gasteiger charge is 2.60. The number of piperazine rings is 1. The van der Waals surface area contributed by atoms with Gasteiger partial charge in [0.15, 0.2) is 16.8 Å². The van der Waals surface area contributed by atoms with Gasteiger partial charge in [-0.2, -0.15) is 0 Å². The molecule has 4 saturated heterocycles. The second-order valence-corrected chi connectivity index (χ2v) is 19.1. The number of likely N-dealkylation sites (tertiary alicyclic amines) is 1. The van der Waals surface area contributed by atoms with Crippen molar-refractivity contribution in [3.05, 3.63) is 107 Å². The van der Waals surface area contributed by atoms with Crippen molar-refractivity contribution in [2.24, 2.45) is 5.92 Å². The zero-order chi connectivity index (χ0) is 46.2. The lowest BCUT2D eigenvalue weighted by molar-refractivity contribution is -0.168. The number of rotatable bonds is 11. The van der Waals surface area contributed by atoms with Gasteiger partial charge in [-0.1, -0.05) is 12.1 Å². The highest BCUT2D eigenvalue weighted by atomic mass is 32.1. The smallest absolute Gasteiger partial charge is 0.270 e. The largest absolute Gasteiger partial charge is 0.476 e. The number of amides is 5. The topological polar surface area (TPSA) is 175 Å². The van der Waals surface area contributed by atoms with E-state index in [1.54, 1.807) is 28.9 Å². The van der Waals surface area contributed by atoms with Crippen molar-refractivity contribution >= 4 is 51.7 Å². The molecule has 20 heteroatoms. The number of nitrogens with one attached hydrogen (secondary N) is 2. The third kappa shape index (κ3) is 7.78. The second-order valence-electron chi connectivity index (χ2n) is 18.2. The Bertz CT molecular complexity index is 2790. The van der Waals surface area contributed by atoms with Crippen LogP contribution in [0.3, 0.4) is 0 Å². The molecule has 5 aromatic rings. The number of piperidine rings is 3. The van der Waals surface area contributed by atoms with Crippen LogP contribution in [0.1, 0.15) is 70.6 Å². The van der Waals surface area contributed by atoms with Crippen LogP contribution in [0, 0.1) is 11.7 Å². The monoisotopic (exact) mass is 934 g/mol. The van der Waals surface area contributed by atoms with Crippen molar-refractivity contribution in [3.8, 4) is 16.9 Å². The Hall–Kier alpha value is -6.67. The van der Waals surface area contributed by atoms with Crippen molar-refractivity contribution in [1.29, 1.82) is 0 Å². The molecule has 3 aromatic heterocycles. The van der Waals surface area contributed by atoms with Crippen LogP contribution < -0.4 is 20.3 Å². The predicted molar refractivity (Wildman–Crippen MR) is 237 cm³/mol. The fourth-order valence-electron chi connectivity index (χ4n) is 10.5. The number of hydrogen-bond acceptors (Lipinski definition) is 12. The summed E-state index contributed by atoms with van der Waals surface area (Å²) in [5, 5.41) is 7.25. The van der Waals surface area contributed by atoms with Crippen LogP contribution in [0.15, 0.2) is 72.6 Å². The Balaban J connectivity index is 0.690. The minimum atomic E-state index is -3.14. The van der Waals surface area contributed by atoms with Gasteiger partial charge in [0.2, 0.25) is 11.8 Å². The summed E-state index contributed by atoms with van der Waals surface area (Å²) >= 11 is 1.26. The lowest BCUT2D eigenvalue weighted by atomic mass is 9.66. The first-order valence-electron chi connectivity index (χ1n) is 22.4. The lowest BCUT2D eigenvalue weighted by Gasteiger charge is -2.48. The average Bonchev–Trinajstić information content (AvgIpc) is 4.13. The Morgan fingerprint density at radius 1 is 0.955 bits per heavy atom. The Morgan fingerprint density at radius 2 is 1.76 bits per heavy atom. The number of fused-ring (bicyclic) bond motifs is 4. The highest BCUT2D eigenvalue weighted by Crippen LogP contribution is 2.46. The van der Waals surface area contributed by atoms with Crippen molar-refractivity contribution in [2.75, 3.05) is 56.0 Å². The molecule has 12 rings (SSSR count). The van der Waals surface area contributed by atoms with Gasteiger partial charge in [0.25, 0.3) is 23.6 Å². The number of halogens is 3. The maximum Gasteiger partial charge on any atom is 0.270 e. The molecule has 2 aromatic carbocycles. The summed E-state index contributed by atoms with van der Waals surface area (Å²) < 4.78 is 55.1. The van der Waals surface area contributed by atoms with Gasteiger partial charge >= 0.3 is 0 Å². The molecule has 67 heavy (non-hydrogen) atoms. The number of alkyl halides is 2. The maximum atomic E-state index is 16.0. The number of carbonyl (C=O) groups excluding carboxylic acids is 5. The molecule has 2 atom stereocenters. The highest BCUT2D eigenvalue weighted by molar-refractivity contribution is 7.13. The van der Waals surface area contributed by atoms with E-state index in [0.717, 1.165) is 24.3 Å². The first-order valence-corrected chi connectivity index (χ1v) is 23.3. The van der Waals surface area contributed by atoms with Crippen LogP contribution >= 0.6 is 11.3 Å². The summed E-state index contributed by atoms with van der Waals surface area (Å²) in [6.45, 7) is 2.10. The van der Waals surface area contributed by atoms with Crippen LogP contribution in [0.2, 0.25) is 0 Å². The molecule has 0 radical (unpaired) electrons. The number of aryl methyl sites for hydroxylation is 1. The SMILES string of the molecule is O=C1NC(=O)C2(Oc3ccc(C4CCN(CC(=O)N5CCN(c6ccc(-c7cc(F)c8c(c7)C(=O)N(C(C(=O)Nc7nccs7)c7ncn9c7CCC9)C8)cc6)CC5)CC4(F)F)nc3)CC1C2. The third-order valence-electron chi connectivity index (χ3n) is 14.1. The van der Waals surface area contributed by atoms with Crippen LogP contribution in [-0.2, 0) is 38.7 Å². The Labute approximate surface area is 386 Å². The number of nitrogens with zero attached hydrogens (tertiary/aromatic N) is 8. The van der Waals surface area contributed by atoms with Gasteiger partial charge in [0.05, 0.1) is 43.8 Å². The van der Waals surface area contributed by atoms with E-state index in [-0.39, 0.29) is 79.2 Å². The molecule has 7 aliphatic rings. The van der Waals surface area contributed by atoms with Crippen LogP contribution in [0.25, 0.3) is 11.1 Å². The molecular weight excluding hydrogens is 890 g/mol. The van der Waals surface area contributed by atoms with Gasteiger partial charge in [-0.05, 0) is 73.3 Å². The fourth-order valence-corrected chi connectivity index (χ4v) is 11.0.